The Kier molecular flexibility index (Phi) is 10.5. The molecule has 0 aliphatic heterocycles. The third-order valence-electron chi connectivity index (χ3n) is 4.63. The number of ether oxygens (including phenoxy) is 3. The van der Waals surface area contributed by atoms with Crippen LogP contribution in [0.2, 0.25) is 0 Å². The standard InChI is InChI=1S/C25H28O7/c1-2-23(26)31-18-10-6-4-3-5-9-17-30-20-15-13-19(14-16-20)25(29)32-22-12-8-7-11-21(22)24(27)28/h2,7-8,11-16H,1,3-6,9-10,17-18H2,(H,27,28). The molecule has 0 aliphatic rings. The van der Waals surface area contributed by atoms with Gasteiger partial charge in [-0.2, -0.15) is 0 Å². The molecule has 0 bridgehead atoms. The zero-order chi connectivity index (χ0) is 23.2. The monoisotopic (exact) mass is 440 g/mol. The molecule has 2 aromatic rings. The van der Waals surface area contributed by atoms with Gasteiger partial charge in [0, 0.05) is 6.08 Å². The van der Waals surface area contributed by atoms with Gasteiger partial charge >= 0.3 is 17.9 Å². The van der Waals surface area contributed by atoms with E-state index in [1.165, 1.54) is 18.2 Å². The largest absolute Gasteiger partial charge is 0.494 e. The minimum Gasteiger partial charge on any atom is -0.494 e. The Morgan fingerprint density at radius 1 is 0.844 bits per heavy atom. The average Bonchev–Trinajstić information content (AvgIpc) is 2.80. The van der Waals surface area contributed by atoms with Gasteiger partial charge in [-0.1, -0.05) is 44.4 Å². The number of rotatable bonds is 14. The van der Waals surface area contributed by atoms with Gasteiger partial charge in [-0.05, 0) is 49.2 Å². The van der Waals surface area contributed by atoms with Crippen molar-refractivity contribution >= 4 is 17.9 Å². The maximum absolute atomic E-state index is 12.3. The zero-order valence-corrected chi connectivity index (χ0v) is 18.0. The van der Waals surface area contributed by atoms with Crippen molar-refractivity contribution in [3.8, 4) is 11.5 Å². The molecule has 2 rings (SSSR count). The summed E-state index contributed by atoms with van der Waals surface area (Å²) in [6.07, 6.45) is 7.16. The summed E-state index contributed by atoms with van der Waals surface area (Å²) in [5.41, 5.74) is 0.230. The van der Waals surface area contributed by atoms with Gasteiger partial charge in [0.25, 0.3) is 0 Å². The van der Waals surface area contributed by atoms with Crippen LogP contribution in [0.5, 0.6) is 11.5 Å². The molecule has 7 heteroatoms. The number of carboxylic acid groups (broad SMARTS) is 1. The lowest BCUT2D eigenvalue weighted by Gasteiger charge is -2.09. The minimum atomic E-state index is -1.16. The normalized spacial score (nSPS) is 10.2. The number of carboxylic acids is 1. The molecule has 0 aliphatic carbocycles. The molecule has 32 heavy (non-hydrogen) atoms. The molecule has 1 N–H and O–H groups in total. The number of carbonyl (C=O) groups excluding carboxylic acids is 2. The van der Waals surface area contributed by atoms with Crippen molar-refractivity contribution in [2.24, 2.45) is 0 Å². The highest BCUT2D eigenvalue weighted by Crippen LogP contribution is 2.20. The highest BCUT2D eigenvalue weighted by molar-refractivity contribution is 5.95. The van der Waals surface area contributed by atoms with Gasteiger partial charge in [-0.15, -0.1) is 0 Å². The average molecular weight is 440 g/mol. The fraction of sp³-hybridized carbons (Fsp3) is 0.320. The molecule has 0 atom stereocenters. The van der Waals surface area contributed by atoms with E-state index in [4.69, 9.17) is 14.2 Å². The zero-order valence-electron chi connectivity index (χ0n) is 18.0. The molecular weight excluding hydrogens is 412 g/mol. The van der Waals surface area contributed by atoms with Crippen LogP contribution in [0, 0.1) is 0 Å². The van der Waals surface area contributed by atoms with E-state index in [1.807, 2.05) is 0 Å². The predicted molar refractivity (Wildman–Crippen MR) is 119 cm³/mol. The number of para-hydroxylation sites is 1. The van der Waals surface area contributed by atoms with Gasteiger partial charge in [-0.3, -0.25) is 0 Å². The van der Waals surface area contributed by atoms with Crippen LogP contribution in [0.15, 0.2) is 61.2 Å². The maximum atomic E-state index is 12.3. The van der Waals surface area contributed by atoms with Crippen molar-refractivity contribution in [2.45, 2.75) is 38.5 Å². The van der Waals surface area contributed by atoms with Crippen LogP contribution in [0.1, 0.15) is 59.2 Å². The summed E-state index contributed by atoms with van der Waals surface area (Å²) in [6.45, 7) is 4.36. The molecule has 0 radical (unpaired) electrons. The Bertz CT molecular complexity index is 903. The lowest BCUT2D eigenvalue weighted by molar-refractivity contribution is -0.137. The summed E-state index contributed by atoms with van der Waals surface area (Å²) in [6, 6.07) is 12.5. The molecule has 0 saturated heterocycles. The van der Waals surface area contributed by atoms with Crippen molar-refractivity contribution in [2.75, 3.05) is 13.2 Å². The fourth-order valence-corrected chi connectivity index (χ4v) is 2.91. The molecular formula is C25H28O7. The topological polar surface area (TPSA) is 99.1 Å². The van der Waals surface area contributed by atoms with E-state index in [0.29, 0.717) is 24.5 Å². The number of hydrogen-bond donors (Lipinski definition) is 1. The number of carbonyl (C=O) groups is 3. The fourth-order valence-electron chi connectivity index (χ4n) is 2.91. The number of unbranched alkanes of at least 4 members (excludes halogenated alkanes) is 5. The molecule has 0 fully saturated rings. The molecule has 2 aromatic carbocycles. The Morgan fingerprint density at radius 3 is 2.12 bits per heavy atom. The van der Waals surface area contributed by atoms with E-state index in [2.05, 4.69) is 6.58 Å². The summed E-state index contributed by atoms with van der Waals surface area (Å²) < 4.78 is 15.8. The van der Waals surface area contributed by atoms with E-state index in [-0.39, 0.29) is 17.3 Å². The lowest BCUT2D eigenvalue weighted by atomic mass is 10.1. The highest BCUT2D eigenvalue weighted by atomic mass is 16.5. The second kappa shape index (κ2) is 13.6. The van der Waals surface area contributed by atoms with Gasteiger partial charge in [0.2, 0.25) is 0 Å². The second-order valence-corrected chi connectivity index (χ2v) is 7.06. The smallest absolute Gasteiger partial charge is 0.343 e. The lowest BCUT2D eigenvalue weighted by Crippen LogP contribution is -2.11. The molecule has 0 aromatic heterocycles. The van der Waals surface area contributed by atoms with Gasteiger partial charge in [0.1, 0.15) is 17.1 Å². The van der Waals surface area contributed by atoms with Gasteiger partial charge < -0.3 is 19.3 Å². The molecule has 0 unspecified atom stereocenters. The highest BCUT2D eigenvalue weighted by Gasteiger charge is 2.15. The van der Waals surface area contributed by atoms with Crippen molar-refractivity contribution in [3.05, 3.63) is 72.3 Å². The number of aromatic carboxylic acids is 1. The first-order valence-corrected chi connectivity index (χ1v) is 10.6. The summed E-state index contributed by atoms with van der Waals surface area (Å²) in [5, 5.41) is 9.17. The van der Waals surface area contributed by atoms with Crippen molar-refractivity contribution in [1.29, 1.82) is 0 Å². The van der Waals surface area contributed by atoms with Crippen LogP contribution in [-0.4, -0.2) is 36.2 Å². The molecule has 0 amide bonds. The predicted octanol–water partition coefficient (Wildman–Crippen LogP) is 5.05. The van der Waals surface area contributed by atoms with Crippen LogP contribution in [0.4, 0.5) is 0 Å². The molecule has 170 valence electrons. The van der Waals surface area contributed by atoms with Gasteiger partial charge in [0.15, 0.2) is 0 Å². The number of benzene rings is 2. The summed E-state index contributed by atoms with van der Waals surface area (Å²) >= 11 is 0. The number of esters is 2. The summed E-state index contributed by atoms with van der Waals surface area (Å²) in [7, 11) is 0. The third kappa shape index (κ3) is 8.63. The second-order valence-electron chi connectivity index (χ2n) is 7.06. The minimum absolute atomic E-state index is 0.00287. The first-order chi connectivity index (χ1) is 15.5. The Balaban J connectivity index is 1.64. The van der Waals surface area contributed by atoms with Crippen molar-refractivity contribution in [1.82, 2.24) is 0 Å². The van der Waals surface area contributed by atoms with Crippen LogP contribution < -0.4 is 9.47 Å². The quantitative estimate of drug-likeness (QED) is 0.190. The molecule has 7 nitrogen and oxygen atoms in total. The van der Waals surface area contributed by atoms with Gasteiger partial charge in [0.05, 0.1) is 18.8 Å². The van der Waals surface area contributed by atoms with E-state index in [0.717, 1.165) is 38.5 Å². The van der Waals surface area contributed by atoms with E-state index >= 15 is 0 Å². The number of hydrogen-bond acceptors (Lipinski definition) is 6. The molecule has 0 saturated carbocycles. The van der Waals surface area contributed by atoms with Crippen LogP contribution >= 0.6 is 0 Å². The Labute approximate surface area is 187 Å². The molecule has 0 heterocycles. The molecule has 0 spiro atoms. The summed E-state index contributed by atoms with van der Waals surface area (Å²) in [4.78, 5) is 34.4. The van der Waals surface area contributed by atoms with E-state index < -0.39 is 11.9 Å². The van der Waals surface area contributed by atoms with Crippen molar-refractivity contribution < 1.29 is 33.7 Å². The first-order valence-electron chi connectivity index (χ1n) is 10.6. The summed E-state index contributed by atoms with van der Waals surface area (Å²) in [5.74, 6) is -1.52. The van der Waals surface area contributed by atoms with Crippen molar-refractivity contribution in [3.63, 3.8) is 0 Å². The van der Waals surface area contributed by atoms with Crippen LogP contribution in [0.25, 0.3) is 0 Å². The maximum Gasteiger partial charge on any atom is 0.343 e. The Hall–Kier alpha value is -3.61. The van der Waals surface area contributed by atoms with E-state index in [9.17, 15) is 19.5 Å². The first kappa shape index (κ1) is 24.7. The van der Waals surface area contributed by atoms with Gasteiger partial charge in [-0.25, -0.2) is 14.4 Å². The van der Waals surface area contributed by atoms with E-state index in [1.54, 1.807) is 36.4 Å². The third-order valence-corrected chi connectivity index (χ3v) is 4.63. The van der Waals surface area contributed by atoms with Crippen LogP contribution in [-0.2, 0) is 9.53 Å². The Morgan fingerprint density at radius 2 is 1.47 bits per heavy atom. The SMILES string of the molecule is C=CC(=O)OCCCCCCCCOc1ccc(C(=O)Oc2ccccc2C(=O)O)cc1. The van der Waals surface area contributed by atoms with Crippen LogP contribution in [0.3, 0.4) is 0 Å².